The number of aryl methyl sites for hydroxylation is 2. The first-order valence-corrected chi connectivity index (χ1v) is 11.3. The molecule has 168 valence electrons. The maximum absolute atomic E-state index is 6.25. The van der Waals surface area contributed by atoms with Gasteiger partial charge in [0.2, 0.25) is 0 Å². The molecular weight excluding hydrogens is 410 g/mol. The van der Waals surface area contributed by atoms with Crippen molar-refractivity contribution in [3.63, 3.8) is 0 Å². The number of allylic oxidation sites excluding steroid dienone is 2. The van der Waals surface area contributed by atoms with E-state index in [1.165, 1.54) is 17.5 Å². The topological polar surface area (TPSA) is 86.9 Å². The Morgan fingerprint density at radius 2 is 1.94 bits per heavy atom. The fraction of sp³-hybridized carbons (Fsp3) is 0.231. The molecule has 0 amide bonds. The second-order valence-electron chi connectivity index (χ2n) is 7.47. The molecule has 4 aromatic rings. The Morgan fingerprint density at radius 3 is 2.67 bits per heavy atom. The summed E-state index contributed by atoms with van der Waals surface area (Å²) in [4.78, 5) is 14.0. The number of aromatic nitrogens is 5. The summed E-state index contributed by atoms with van der Waals surface area (Å²) in [5.41, 5.74) is 12.2. The molecule has 2 N–H and O–H groups in total. The molecule has 7 heteroatoms. The zero-order valence-electron chi connectivity index (χ0n) is 19.4. The van der Waals surface area contributed by atoms with Gasteiger partial charge in [-0.3, -0.25) is 9.56 Å². The SMILES string of the molecule is C=C/C=C(\C(N)=NC)c1nc2ccc(-n3cccn3)nc2n1-c1ccc2c(c1)CCC2.CC. The Balaban J connectivity index is 0.00000126. The van der Waals surface area contributed by atoms with Crippen LogP contribution in [0.4, 0.5) is 0 Å². The zero-order chi connectivity index (χ0) is 23.4. The van der Waals surface area contributed by atoms with Crippen LogP contribution in [0.15, 0.2) is 72.5 Å². The van der Waals surface area contributed by atoms with Crippen molar-refractivity contribution in [1.29, 1.82) is 0 Å². The van der Waals surface area contributed by atoms with Crippen molar-refractivity contribution in [2.24, 2.45) is 10.7 Å². The molecule has 1 aliphatic carbocycles. The molecule has 3 heterocycles. The molecule has 3 aromatic heterocycles. The number of hydrogen-bond acceptors (Lipinski definition) is 4. The molecule has 1 aliphatic rings. The van der Waals surface area contributed by atoms with Crippen molar-refractivity contribution >= 4 is 22.6 Å². The quantitative estimate of drug-likeness (QED) is 0.278. The van der Waals surface area contributed by atoms with Gasteiger partial charge >= 0.3 is 0 Å². The molecule has 0 fully saturated rings. The first-order valence-electron chi connectivity index (χ1n) is 11.3. The van der Waals surface area contributed by atoms with Crippen LogP contribution < -0.4 is 5.73 Å². The highest BCUT2D eigenvalue weighted by molar-refractivity contribution is 6.21. The molecule has 0 saturated heterocycles. The summed E-state index contributed by atoms with van der Waals surface area (Å²) in [5, 5.41) is 4.32. The maximum atomic E-state index is 6.25. The average Bonchev–Trinajstić information content (AvgIpc) is 3.61. The Bertz CT molecular complexity index is 1340. The second kappa shape index (κ2) is 9.65. The summed E-state index contributed by atoms with van der Waals surface area (Å²) >= 11 is 0. The summed E-state index contributed by atoms with van der Waals surface area (Å²) in [6.07, 6.45) is 10.5. The number of pyridine rings is 1. The smallest absolute Gasteiger partial charge is 0.167 e. The fourth-order valence-corrected chi connectivity index (χ4v) is 4.11. The monoisotopic (exact) mass is 439 g/mol. The summed E-state index contributed by atoms with van der Waals surface area (Å²) < 4.78 is 3.79. The van der Waals surface area contributed by atoms with E-state index in [9.17, 15) is 0 Å². The van der Waals surface area contributed by atoms with Crippen molar-refractivity contribution in [1.82, 2.24) is 24.3 Å². The van der Waals surface area contributed by atoms with Crippen LogP contribution >= 0.6 is 0 Å². The van der Waals surface area contributed by atoms with Crippen LogP contribution in [-0.4, -0.2) is 37.2 Å². The van der Waals surface area contributed by atoms with E-state index in [-0.39, 0.29) is 0 Å². The van der Waals surface area contributed by atoms with Gasteiger partial charge in [-0.2, -0.15) is 5.10 Å². The van der Waals surface area contributed by atoms with Gasteiger partial charge in [0.1, 0.15) is 11.4 Å². The summed E-state index contributed by atoms with van der Waals surface area (Å²) in [7, 11) is 1.67. The van der Waals surface area contributed by atoms with Gasteiger partial charge in [-0.15, -0.1) is 0 Å². The number of fused-ring (bicyclic) bond motifs is 2. The third-order valence-electron chi connectivity index (χ3n) is 5.61. The maximum Gasteiger partial charge on any atom is 0.167 e. The highest BCUT2D eigenvalue weighted by atomic mass is 15.3. The average molecular weight is 440 g/mol. The molecule has 5 rings (SSSR count). The number of rotatable bonds is 5. The van der Waals surface area contributed by atoms with Gasteiger partial charge in [0.15, 0.2) is 17.3 Å². The van der Waals surface area contributed by atoms with E-state index < -0.39 is 0 Å². The number of nitrogens with two attached hydrogens (primary N) is 1. The Kier molecular flexibility index (Phi) is 6.49. The number of imidazole rings is 1. The molecule has 1 aromatic carbocycles. The first-order chi connectivity index (χ1) is 16.2. The number of aliphatic imine (C=N–C) groups is 1. The molecule has 7 nitrogen and oxygen atoms in total. The van der Waals surface area contributed by atoms with Crippen LogP contribution in [0.1, 0.15) is 37.2 Å². The summed E-state index contributed by atoms with van der Waals surface area (Å²) in [6.45, 7) is 7.84. The van der Waals surface area contributed by atoms with Gasteiger partial charge in [-0.1, -0.05) is 32.6 Å². The third-order valence-corrected chi connectivity index (χ3v) is 5.61. The predicted molar refractivity (Wildman–Crippen MR) is 135 cm³/mol. The number of benzene rings is 1. The second-order valence-corrected chi connectivity index (χ2v) is 7.47. The number of amidine groups is 1. The molecule has 0 spiro atoms. The van der Waals surface area contributed by atoms with Crippen molar-refractivity contribution in [3.8, 4) is 11.5 Å². The lowest BCUT2D eigenvalue weighted by Gasteiger charge is -2.13. The van der Waals surface area contributed by atoms with Crippen LogP contribution in [0.3, 0.4) is 0 Å². The standard InChI is InChI=1S/C24H23N7.C2H6/c1-3-6-19(22(25)26-2)23-28-20-11-12-21(30-14-5-13-27-30)29-24(20)31(23)18-10-9-16-7-4-8-17(16)15-18;1-2/h3,5-6,9-15H,1,4,7-8H2,2H3,(H2,25,26);1-2H3/b19-6+;. The van der Waals surface area contributed by atoms with Crippen LogP contribution in [0.5, 0.6) is 0 Å². The third kappa shape index (κ3) is 4.09. The first kappa shape index (κ1) is 22.2. The molecule has 0 bridgehead atoms. The Hall–Kier alpha value is -4.00. The predicted octanol–water partition coefficient (Wildman–Crippen LogP) is 4.68. The molecule has 0 aliphatic heterocycles. The minimum absolute atomic E-state index is 0.393. The van der Waals surface area contributed by atoms with Gasteiger partial charge in [-0.05, 0) is 66.8 Å². The minimum atomic E-state index is 0.393. The van der Waals surface area contributed by atoms with E-state index >= 15 is 0 Å². The van der Waals surface area contributed by atoms with Crippen LogP contribution in [0, 0.1) is 0 Å². The molecule has 0 radical (unpaired) electrons. The van der Waals surface area contributed by atoms with Crippen LogP contribution in [0.25, 0.3) is 28.2 Å². The minimum Gasteiger partial charge on any atom is -0.383 e. The normalized spacial score (nSPS) is 13.5. The van der Waals surface area contributed by atoms with E-state index in [1.54, 1.807) is 24.0 Å². The van der Waals surface area contributed by atoms with Crippen LogP contribution in [0.2, 0.25) is 0 Å². The van der Waals surface area contributed by atoms with Gasteiger partial charge in [0.05, 0.1) is 5.57 Å². The van der Waals surface area contributed by atoms with Gasteiger partial charge in [0.25, 0.3) is 0 Å². The molecule has 0 unspecified atom stereocenters. The van der Waals surface area contributed by atoms with E-state index in [1.807, 2.05) is 48.9 Å². The van der Waals surface area contributed by atoms with Crippen molar-refractivity contribution in [3.05, 3.63) is 84.5 Å². The van der Waals surface area contributed by atoms with E-state index in [0.717, 1.165) is 35.5 Å². The van der Waals surface area contributed by atoms with Crippen molar-refractivity contribution in [2.45, 2.75) is 33.1 Å². The fourth-order valence-electron chi connectivity index (χ4n) is 4.11. The van der Waals surface area contributed by atoms with Gasteiger partial charge in [0, 0.05) is 25.1 Å². The molecule has 33 heavy (non-hydrogen) atoms. The molecule has 0 saturated carbocycles. The molecule has 0 atom stereocenters. The van der Waals surface area contributed by atoms with Crippen molar-refractivity contribution < 1.29 is 0 Å². The lowest BCUT2D eigenvalue weighted by molar-refractivity contribution is 0.848. The highest BCUT2D eigenvalue weighted by Gasteiger charge is 2.21. The lowest BCUT2D eigenvalue weighted by atomic mass is 10.1. The lowest BCUT2D eigenvalue weighted by Crippen LogP contribution is -2.17. The summed E-state index contributed by atoms with van der Waals surface area (Å²) in [6, 6.07) is 12.3. The van der Waals surface area contributed by atoms with E-state index in [2.05, 4.69) is 34.9 Å². The Labute approximate surface area is 194 Å². The van der Waals surface area contributed by atoms with E-state index in [0.29, 0.717) is 17.2 Å². The zero-order valence-corrected chi connectivity index (χ0v) is 19.4. The largest absolute Gasteiger partial charge is 0.383 e. The summed E-state index contributed by atoms with van der Waals surface area (Å²) in [5.74, 6) is 1.80. The Morgan fingerprint density at radius 1 is 1.12 bits per heavy atom. The van der Waals surface area contributed by atoms with Gasteiger partial charge in [-0.25, -0.2) is 14.6 Å². The van der Waals surface area contributed by atoms with Gasteiger partial charge < -0.3 is 5.73 Å². The number of hydrogen-bond donors (Lipinski definition) is 1. The molecular formula is C26H29N7. The van der Waals surface area contributed by atoms with Crippen molar-refractivity contribution in [2.75, 3.05) is 7.05 Å². The highest BCUT2D eigenvalue weighted by Crippen LogP contribution is 2.30. The van der Waals surface area contributed by atoms with E-state index in [4.69, 9.17) is 15.7 Å². The van der Waals surface area contributed by atoms with Crippen LogP contribution in [-0.2, 0) is 12.8 Å². The number of nitrogens with zero attached hydrogens (tertiary/aromatic N) is 6.